The Hall–Kier alpha value is -1.86. The second-order valence-electron chi connectivity index (χ2n) is 4.84. The third-order valence-corrected chi connectivity index (χ3v) is 3.44. The molecule has 0 spiro atoms. The number of aliphatic hydroxyl groups excluding tert-OH is 1. The molecule has 21 heavy (non-hydrogen) atoms. The van der Waals surface area contributed by atoms with E-state index in [1.165, 1.54) is 19.4 Å². The summed E-state index contributed by atoms with van der Waals surface area (Å²) in [6.45, 7) is 2.55. The molecule has 1 saturated heterocycles. The van der Waals surface area contributed by atoms with E-state index in [2.05, 4.69) is 0 Å². The van der Waals surface area contributed by atoms with Crippen molar-refractivity contribution in [3.63, 3.8) is 0 Å². The number of hydrogen-bond acceptors (Lipinski definition) is 7. The minimum Gasteiger partial charge on any atom is -0.468 e. The lowest BCUT2D eigenvalue weighted by atomic mass is 10.2. The van der Waals surface area contributed by atoms with Gasteiger partial charge >= 0.3 is 11.9 Å². The van der Waals surface area contributed by atoms with Crippen LogP contribution < -0.4 is 0 Å². The van der Waals surface area contributed by atoms with Gasteiger partial charge in [0.05, 0.1) is 32.6 Å². The van der Waals surface area contributed by atoms with Crippen LogP contribution in [0.25, 0.3) is 0 Å². The van der Waals surface area contributed by atoms with Gasteiger partial charge in [0, 0.05) is 13.0 Å². The Balaban J connectivity index is 2.12. The third-order valence-electron chi connectivity index (χ3n) is 3.44. The van der Waals surface area contributed by atoms with Crippen molar-refractivity contribution in [2.45, 2.75) is 32.0 Å². The van der Waals surface area contributed by atoms with Gasteiger partial charge in [0.1, 0.15) is 17.4 Å². The number of esters is 2. The summed E-state index contributed by atoms with van der Waals surface area (Å²) in [6.07, 6.45) is 1.11. The zero-order chi connectivity index (χ0) is 15.4. The van der Waals surface area contributed by atoms with Gasteiger partial charge in [-0.3, -0.25) is 9.69 Å². The standard InChI is InChI=1S/C14H19NO6/c1-3-20-13(17)10-4-5-21-12(10)8-15-7-9(16)6-11(15)14(18)19-2/h4-5,9,11,16H,3,6-8H2,1-2H3. The minimum atomic E-state index is -0.602. The van der Waals surface area contributed by atoms with Crippen molar-refractivity contribution in [1.82, 2.24) is 4.90 Å². The molecule has 2 rings (SSSR count). The fourth-order valence-electron chi connectivity index (χ4n) is 2.47. The average Bonchev–Trinajstić information content (AvgIpc) is 3.05. The van der Waals surface area contributed by atoms with Gasteiger partial charge in [0.15, 0.2) is 0 Å². The molecule has 0 amide bonds. The first kappa shape index (κ1) is 15.5. The van der Waals surface area contributed by atoms with E-state index in [9.17, 15) is 14.7 Å². The first-order valence-corrected chi connectivity index (χ1v) is 6.80. The molecule has 2 unspecified atom stereocenters. The van der Waals surface area contributed by atoms with Gasteiger partial charge in [-0.25, -0.2) is 4.79 Å². The van der Waals surface area contributed by atoms with Gasteiger partial charge in [-0.2, -0.15) is 0 Å². The Labute approximate surface area is 122 Å². The molecule has 2 atom stereocenters. The molecule has 0 radical (unpaired) electrons. The van der Waals surface area contributed by atoms with Crippen molar-refractivity contribution in [3.05, 3.63) is 23.7 Å². The molecule has 7 heteroatoms. The van der Waals surface area contributed by atoms with E-state index in [4.69, 9.17) is 13.9 Å². The number of ether oxygens (including phenoxy) is 2. The molecule has 1 aliphatic rings. The third kappa shape index (κ3) is 3.43. The summed E-state index contributed by atoms with van der Waals surface area (Å²) < 4.78 is 15.0. The zero-order valence-corrected chi connectivity index (χ0v) is 12.1. The van der Waals surface area contributed by atoms with E-state index in [-0.39, 0.29) is 13.2 Å². The first-order valence-electron chi connectivity index (χ1n) is 6.80. The topological polar surface area (TPSA) is 89.2 Å². The molecule has 2 heterocycles. The van der Waals surface area contributed by atoms with E-state index < -0.39 is 24.1 Å². The number of nitrogens with zero attached hydrogens (tertiary/aromatic N) is 1. The fraction of sp³-hybridized carbons (Fsp3) is 0.571. The molecular formula is C14H19NO6. The highest BCUT2D eigenvalue weighted by molar-refractivity contribution is 5.90. The predicted molar refractivity (Wildman–Crippen MR) is 71.5 cm³/mol. The van der Waals surface area contributed by atoms with Gasteiger partial charge in [-0.1, -0.05) is 0 Å². The van der Waals surface area contributed by atoms with Crippen LogP contribution in [0, 0.1) is 0 Å². The van der Waals surface area contributed by atoms with Crippen molar-refractivity contribution in [2.24, 2.45) is 0 Å². The van der Waals surface area contributed by atoms with E-state index in [0.29, 0.717) is 24.3 Å². The van der Waals surface area contributed by atoms with Crippen LogP contribution in [0.4, 0.5) is 0 Å². The number of methoxy groups -OCH3 is 1. The number of furan rings is 1. The summed E-state index contributed by atoms with van der Waals surface area (Å²) in [5.74, 6) is -0.456. The van der Waals surface area contributed by atoms with E-state index >= 15 is 0 Å². The number of rotatable bonds is 5. The van der Waals surface area contributed by atoms with E-state index in [1.54, 1.807) is 11.8 Å². The number of hydrogen-bond donors (Lipinski definition) is 1. The predicted octanol–water partition coefficient (Wildman–Crippen LogP) is 0.565. The van der Waals surface area contributed by atoms with Crippen LogP contribution >= 0.6 is 0 Å². The molecule has 1 aromatic heterocycles. The van der Waals surface area contributed by atoms with E-state index in [0.717, 1.165) is 0 Å². The second kappa shape index (κ2) is 6.73. The Bertz CT molecular complexity index is 511. The van der Waals surface area contributed by atoms with Gasteiger partial charge in [-0.15, -0.1) is 0 Å². The monoisotopic (exact) mass is 297 g/mol. The number of aliphatic hydroxyl groups is 1. The second-order valence-corrected chi connectivity index (χ2v) is 4.84. The molecular weight excluding hydrogens is 278 g/mol. The largest absolute Gasteiger partial charge is 0.468 e. The number of carbonyl (C=O) groups excluding carboxylic acids is 2. The van der Waals surface area contributed by atoms with Crippen molar-refractivity contribution in [2.75, 3.05) is 20.3 Å². The average molecular weight is 297 g/mol. The van der Waals surface area contributed by atoms with Crippen LogP contribution in [0.2, 0.25) is 0 Å². The molecule has 1 fully saturated rings. The summed E-state index contributed by atoms with van der Waals surface area (Å²) in [7, 11) is 1.31. The molecule has 1 aromatic rings. The van der Waals surface area contributed by atoms with Gasteiger partial charge in [0.25, 0.3) is 0 Å². The lowest BCUT2D eigenvalue weighted by Crippen LogP contribution is -2.36. The molecule has 116 valence electrons. The lowest BCUT2D eigenvalue weighted by Gasteiger charge is -2.21. The Kier molecular flexibility index (Phi) is 4.98. The highest BCUT2D eigenvalue weighted by Gasteiger charge is 2.37. The van der Waals surface area contributed by atoms with E-state index in [1.807, 2.05) is 0 Å². The number of carbonyl (C=O) groups is 2. The maximum absolute atomic E-state index is 11.8. The van der Waals surface area contributed by atoms with Crippen molar-refractivity contribution in [3.8, 4) is 0 Å². The number of likely N-dealkylation sites (tertiary alicyclic amines) is 1. The molecule has 0 saturated carbocycles. The quantitative estimate of drug-likeness (QED) is 0.794. The Morgan fingerprint density at radius 2 is 2.29 bits per heavy atom. The van der Waals surface area contributed by atoms with Crippen molar-refractivity contribution in [1.29, 1.82) is 0 Å². The lowest BCUT2D eigenvalue weighted by molar-refractivity contribution is -0.146. The van der Waals surface area contributed by atoms with Crippen LogP contribution in [0.15, 0.2) is 16.7 Å². The van der Waals surface area contributed by atoms with Crippen LogP contribution in [0.3, 0.4) is 0 Å². The molecule has 1 N–H and O–H groups in total. The normalized spacial score (nSPS) is 22.2. The Morgan fingerprint density at radius 3 is 2.95 bits per heavy atom. The number of β-amino-alcohol motifs (C(OH)–C–C–N with tert-alkyl or cyclic N) is 1. The highest BCUT2D eigenvalue weighted by atomic mass is 16.5. The summed E-state index contributed by atoms with van der Waals surface area (Å²) in [5.41, 5.74) is 0.335. The maximum Gasteiger partial charge on any atom is 0.341 e. The van der Waals surface area contributed by atoms with Gasteiger partial charge < -0.3 is 19.0 Å². The summed E-state index contributed by atoms with van der Waals surface area (Å²) in [4.78, 5) is 25.3. The Morgan fingerprint density at radius 1 is 1.52 bits per heavy atom. The highest BCUT2D eigenvalue weighted by Crippen LogP contribution is 2.23. The molecule has 0 aliphatic carbocycles. The van der Waals surface area contributed by atoms with Crippen molar-refractivity contribution >= 4 is 11.9 Å². The maximum atomic E-state index is 11.8. The van der Waals surface area contributed by atoms with Gasteiger partial charge in [0.2, 0.25) is 0 Å². The fourth-order valence-corrected chi connectivity index (χ4v) is 2.47. The summed E-state index contributed by atoms with van der Waals surface area (Å²) in [5, 5.41) is 9.73. The summed E-state index contributed by atoms with van der Waals surface area (Å²) in [6, 6.07) is 0.998. The van der Waals surface area contributed by atoms with Gasteiger partial charge in [-0.05, 0) is 13.0 Å². The smallest absolute Gasteiger partial charge is 0.341 e. The van der Waals surface area contributed by atoms with Crippen LogP contribution in [-0.2, 0) is 20.8 Å². The van der Waals surface area contributed by atoms with Crippen molar-refractivity contribution < 1.29 is 28.6 Å². The molecule has 7 nitrogen and oxygen atoms in total. The minimum absolute atomic E-state index is 0.234. The molecule has 1 aliphatic heterocycles. The first-order chi connectivity index (χ1) is 10.1. The summed E-state index contributed by atoms with van der Waals surface area (Å²) >= 11 is 0. The molecule has 0 bridgehead atoms. The molecule has 0 aromatic carbocycles. The SMILES string of the molecule is CCOC(=O)c1ccoc1CN1CC(O)CC1C(=O)OC. The van der Waals surface area contributed by atoms with Crippen LogP contribution in [-0.4, -0.2) is 54.4 Å². The zero-order valence-electron chi connectivity index (χ0n) is 12.1. The van der Waals surface area contributed by atoms with Crippen LogP contribution in [0.5, 0.6) is 0 Å². The van der Waals surface area contributed by atoms with Crippen LogP contribution in [0.1, 0.15) is 29.5 Å².